The minimum absolute atomic E-state index is 0.00587. The predicted molar refractivity (Wildman–Crippen MR) is 77.6 cm³/mol. The van der Waals surface area contributed by atoms with Crippen molar-refractivity contribution >= 4 is 29.2 Å². The molecule has 3 rings (SSSR count). The molecule has 1 spiro atoms. The Morgan fingerprint density at radius 2 is 2.00 bits per heavy atom. The quantitative estimate of drug-likeness (QED) is 0.900. The van der Waals surface area contributed by atoms with Crippen LogP contribution in [-0.4, -0.2) is 30.2 Å². The molecule has 1 aromatic rings. The standard InChI is InChI=1S/C15H16ClNO4/c16-10-5-9(14(19)20)6-11(7-10)17-13(18)12-8-15(12)1-3-21-4-2-15/h5-7,12H,1-4,8H2,(H,17,18)(H,19,20). The maximum absolute atomic E-state index is 12.3. The zero-order chi connectivity index (χ0) is 15.0. The number of amides is 1. The molecule has 1 saturated carbocycles. The highest BCUT2D eigenvalue weighted by atomic mass is 35.5. The lowest BCUT2D eigenvalue weighted by molar-refractivity contribution is -0.118. The van der Waals surface area contributed by atoms with Crippen LogP contribution in [0.15, 0.2) is 18.2 Å². The second kappa shape index (κ2) is 5.31. The van der Waals surface area contributed by atoms with Gasteiger partial charge in [0.2, 0.25) is 5.91 Å². The van der Waals surface area contributed by atoms with Crippen molar-refractivity contribution in [3.05, 3.63) is 28.8 Å². The molecule has 5 nitrogen and oxygen atoms in total. The van der Waals surface area contributed by atoms with E-state index in [0.717, 1.165) is 19.3 Å². The van der Waals surface area contributed by atoms with Gasteiger partial charge in [-0.3, -0.25) is 4.79 Å². The van der Waals surface area contributed by atoms with Gasteiger partial charge < -0.3 is 15.2 Å². The molecule has 21 heavy (non-hydrogen) atoms. The Morgan fingerprint density at radius 1 is 1.29 bits per heavy atom. The zero-order valence-electron chi connectivity index (χ0n) is 11.4. The van der Waals surface area contributed by atoms with Gasteiger partial charge in [-0.05, 0) is 42.9 Å². The lowest BCUT2D eigenvalue weighted by atomic mass is 9.93. The number of aromatic carboxylic acids is 1. The van der Waals surface area contributed by atoms with Crippen LogP contribution in [0.5, 0.6) is 0 Å². The van der Waals surface area contributed by atoms with Crippen molar-refractivity contribution in [3.63, 3.8) is 0 Å². The van der Waals surface area contributed by atoms with Crippen LogP contribution < -0.4 is 5.32 Å². The third kappa shape index (κ3) is 2.89. The number of halogens is 1. The predicted octanol–water partition coefficient (Wildman–Crippen LogP) is 2.79. The summed E-state index contributed by atoms with van der Waals surface area (Å²) in [6, 6.07) is 4.34. The van der Waals surface area contributed by atoms with Crippen LogP contribution in [0.4, 0.5) is 5.69 Å². The van der Waals surface area contributed by atoms with Gasteiger partial charge in [0.05, 0.1) is 5.56 Å². The molecule has 1 unspecified atom stereocenters. The first kappa shape index (κ1) is 14.4. The van der Waals surface area contributed by atoms with Crippen LogP contribution in [0.3, 0.4) is 0 Å². The van der Waals surface area contributed by atoms with Crippen molar-refractivity contribution in [2.45, 2.75) is 19.3 Å². The van der Waals surface area contributed by atoms with Crippen LogP contribution in [0.2, 0.25) is 5.02 Å². The summed E-state index contributed by atoms with van der Waals surface area (Å²) < 4.78 is 5.33. The van der Waals surface area contributed by atoms with Gasteiger partial charge in [-0.25, -0.2) is 4.79 Å². The van der Waals surface area contributed by atoms with E-state index in [2.05, 4.69) is 5.32 Å². The summed E-state index contributed by atoms with van der Waals surface area (Å²) in [5.41, 5.74) is 0.588. The Bertz CT molecular complexity index is 595. The van der Waals surface area contributed by atoms with Crippen molar-refractivity contribution in [1.29, 1.82) is 0 Å². The van der Waals surface area contributed by atoms with E-state index in [9.17, 15) is 9.59 Å². The molecule has 0 aromatic heterocycles. The molecule has 1 aromatic carbocycles. The third-order valence-electron chi connectivity index (χ3n) is 4.41. The molecule has 1 saturated heterocycles. The monoisotopic (exact) mass is 309 g/mol. The number of carbonyl (C=O) groups is 2. The fourth-order valence-corrected chi connectivity index (χ4v) is 3.30. The average Bonchev–Trinajstić information content (AvgIpc) is 3.12. The van der Waals surface area contributed by atoms with E-state index < -0.39 is 5.97 Å². The van der Waals surface area contributed by atoms with Gasteiger partial charge in [-0.15, -0.1) is 0 Å². The topological polar surface area (TPSA) is 75.6 Å². The fourth-order valence-electron chi connectivity index (χ4n) is 3.06. The van der Waals surface area contributed by atoms with E-state index >= 15 is 0 Å². The minimum atomic E-state index is -1.07. The summed E-state index contributed by atoms with van der Waals surface area (Å²) in [6.07, 6.45) is 2.72. The first-order valence-electron chi connectivity index (χ1n) is 6.93. The molecule has 1 aliphatic heterocycles. The van der Waals surface area contributed by atoms with Crippen molar-refractivity contribution in [2.75, 3.05) is 18.5 Å². The van der Waals surface area contributed by atoms with E-state index in [4.69, 9.17) is 21.4 Å². The van der Waals surface area contributed by atoms with E-state index in [-0.39, 0.29) is 22.8 Å². The van der Waals surface area contributed by atoms with Crippen LogP contribution >= 0.6 is 11.6 Å². The lowest BCUT2D eigenvalue weighted by Crippen LogP contribution is -2.24. The number of anilines is 1. The SMILES string of the molecule is O=C(O)c1cc(Cl)cc(NC(=O)C2CC23CCOCC3)c1. The molecule has 2 fully saturated rings. The van der Waals surface area contributed by atoms with Gasteiger partial charge in [-0.1, -0.05) is 11.6 Å². The number of ether oxygens (including phenoxy) is 1. The number of carboxylic acid groups (broad SMARTS) is 1. The van der Waals surface area contributed by atoms with Gasteiger partial charge in [0.15, 0.2) is 0 Å². The summed E-state index contributed by atoms with van der Waals surface area (Å²) in [7, 11) is 0. The Morgan fingerprint density at radius 3 is 2.67 bits per heavy atom. The number of nitrogens with one attached hydrogen (secondary N) is 1. The molecule has 1 amide bonds. The molecule has 1 aliphatic carbocycles. The van der Waals surface area contributed by atoms with Crippen molar-refractivity contribution in [3.8, 4) is 0 Å². The van der Waals surface area contributed by atoms with Crippen LogP contribution in [0.1, 0.15) is 29.6 Å². The molecule has 0 radical (unpaired) electrons. The summed E-state index contributed by atoms with van der Waals surface area (Å²) in [4.78, 5) is 23.3. The molecular weight excluding hydrogens is 294 g/mol. The first-order chi connectivity index (χ1) is 10.00. The van der Waals surface area contributed by atoms with Crippen LogP contribution in [-0.2, 0) is 9.53 Å². The highest BCUT2D eigenvalue weighted by Gasteiger charge is 2.57. The second-order valence-electron chi connectivity index (χ2n) is 5.75. The van der Waals surface area contributed by atoms with E-state index in [0.29, 0.717) is 23.9 Å². The number of carbonyl (C=O) groups excluding carboxylic acids is 1. The normalized spacial score (nSPS) is 22.8. The molecule has 0 bridgehead atoms. The lowest BCUT2D eigenvalue weighted by Gasteiger charge is -2.22. The smallest absolute Gasteiger partial charge is 0.335 e. The van der Waals surface area contributed by atoms with E-state index in [1.54, 1.807) is 6.07 Å². The molecule has 112 valence electrons. The maximum Gasteiger partial charge on any atom is 0.335 e. The Kier molecular flexibility index (Phi) is 3.63. The number of carboxylic acids is 1. The zero-order valence-corrected chi connectivity index (χ0v) is 12.2. The van der Waals surface area contributed by atoms with Crippen LogP contribution in [0.25, 0.3) is 0 Å². The van der Waals surface area contributed by atoms with Crippen molar-refractivity contribution in [1.82, 2.24) is 0 Å². The summed E-state index contributed by atoms with van der Waals surface area (Å²) in [6.45, 7) is 1.42. The van der Waals surface area contributed by atoms with Crippen molar-refractivity contribution in [2.24, 2.45) is 11.3 Å². The number of benzene rings is 1. The number of hydrogen-bond acceptors (Lipinski definition) is 3. The highest BCUT2D eigenvalue weighted by Crippen LogP contribution is 2.59. The Hall–Kier alpha value is -1.59. The Labute approximate surface area is 127 Å². The summed E-state index contributed by atoms with van der Waals surface area (Å²) >= 11 is 5.88. The highest BCUT2D eigenvalue weighted by molar-refractivity contribution is 6.31. The maximum atomic E-state index is 12.3. The molecule has 2 aliphatic rings. The summed E-state index contributed by atoms with van der Waals surface area (Å²) in [5, 5.41) is 12.1. The van der Waals surface area contributed by atoms with E-state index in [1.165, 1.54) is 12.1 Å². The van der Waals surface area contributed by atoms with Crippen LogP contribution in [0, 0.1) is 11.3 Å². The average molecular weight is 310 g/mol. The largest absolute Gasteiger partial charge is 0.478 e. The van der Waals surface area contributed by atoms with Gasteiger partial charge in [0.25, 0.3) is 0 Å². The van der Waals surface area contributed by atoms with Crippen molar-refractivity contribution < 1.29 is 19.4 Å². The fraction of sp³-hybridized carbons (Fsp3) is 0.467. The van der Waals surface area contributed by atoms with Gasteiger partial charge in [-0.2, -0.15) is 0 Å². The number of hydrogen-bond donors (Lipinski definition) is 2. The molecule has 1 atom stereocenters. The number of rotatable bonds is 3. The third-order valence-corrected chi connectivity index (χ3v) is 4.63. The minimum Gasteiger partial charge on any atom is -0.478 e. The summed E-state index contributed by atoms with van der Waals surface area (Å²) in [5.74, 6) is -1.13. The van der Waals surface area contributed by atoms with Gasteiger partial charge in [0.1, 0.15) is 0 Å². The Balaban J connectivity index is 1.70. The van der Waals surface area contributed by atoms with Gasteiger partial charge in [0, 0.05) is 29.8 Å². The molecular formula is C15H16ClNO4. The van der Waals surface area contributed by atoms with Gasteiger partial charge >= 0.3 is 5.97 Å². The molecule has 1 heterocycles. The van der Waals surface area contributed by atoms with E-state index in [1.807, 2.05) is 0 Å². The first-order valence-corrected chi connectivity index (χ1v) is 7.30. The molecule has 6 heteroatoms. The molecule has 2 N–H and O–H groups in total. The second-order valence-corrected chi connectivity index (χ2v) is 6.19.